The first-order chi connectivity index (χ1) is 8.35. The maximum Gasteiger partial charge on any atom is 0.133 e. The molecule has 0 atom stereocenters. The van der Waals surface area contributed by atoms with Crippen LogP contribution in [0.3, 0.4) is 0 Å². The first-order valence-corrected chi connectivity index (χ1v) is 7.16. The third-order valence-electron chi connectivity index (χ3n) is 4.78. The summed E-state index contributed by atoms with van der Waals surface area (Å²) in [6.45, 7) is 21.7. The van der Waals surface area contributed by atoms with Crippen LogP contribution in [-0.2, 0) is 4.79 Å². The number of allylic oxidation sites excluding steroid dienone is 3. The van der Waals surface area contributed by atoms with Crippen molar-refractivity contribution in [2.75, 3.05) is 0 Å². The fourth-order valence-corrected chi connectivity index (χ4v) is 2.57. The van der Waals surface area contributed by atoms with Crippen LogP contribution in [0.1, 0.15) is 68.2 Å². The number of carbonyl (C=O) groups is 1. The molecular formula is C18H32O. The van der Waals surface area contributed by atoms with Crippen molar-refractivity contribution in [3.63, 3.8) is 0 Å². The molecular weight excluding hydrogens is 232 g/mol. The predicted octanol–water partition coefficient (Wildman–Crippen LogP) is 5.57. The van der Waals surface area contributed by atoms with Crippen LogP contribution in [0.15, 0.2) is 24.3 Å². The first-order valence-electron chi connectivity index (χ1n) is 7.16. The predicted molar refractivity (Wildman–Crippen MR) is 85.2 cm³/mol. The summed E-state index contributed by atoms with van der Waals surface area (Å²) in [6, 6.07) is 0. The van der Waals surface area contributed by atoms with Crippen LogP contribution < -0.4 is 0 Å². The van der Waals surface area contributed by atoms with Gasteiger partial charge in [-0.15, -0.1) is 0 Å². The topological polar surface area (TPSA) is 17.1 Å². The Morgan fingerprint density at radius 3 is 1.68 bits per heavy atom. The fourth-order valence-electron chi connectivity index (χ4n) is 2.57. The van der Waals surface area contributed by atoms with Gasteiger partial charge in [-0.25, -0.2) is 0 Å². The molecule has 19 heavy (non-hydrogen) atoms. The number of hydrogen-bond donors (Lipinski definition) is 0. The molecule has 0 amide bonds. The van der Waals surface area contributed by atoms with E-state index in [0.29, 0.717) is 6.42 Å². The molecule has 0 aromatic rings. The Kier molecular flexibility index (Phi) is 5.80. The van der Waals surface area contributed by atoms with Gasteiger partial charge in [-0.2, -0.15) is 0 Å². The standard InChI is InChI=1S/C18H32O/c1-10-15(12-11-14(2)19)13-18(9,16(3,4)5)17(6,7)8/h10,12H,1,11,13H2,2-9H3. The monoisotopic (exact) mass is 264 g/mol. The fraction of sp³-hybridized carbons (Fsp3) is 0.722. The summed E-state index contributed by atoms with van der Waals surface area (Å²) in [7, 11) is 0. The maximum absolute atomic E-state index is 11.1. The van der Waals surface area contributed by atoms with E-state index in [2.05, 4.69) is 55.0 Å². The highest BCUT2D eigenvalue weighted by atomic mass is 16.1. The van der Waals surface area contributed by atoms with Gasteiger partial charge in [-0.1, -0.05) is 72.8 Å². The molecule has 0 saturated heterocycles. The lowest BCUT2D eigenvalue weighted by molar-refractivity contribution is -0.116. The van der Waals surface area contributed by atoms with Crippen molar-refractivity contribution >= 4 is 5.78 Å². The average Bonchev–Trinajstić information content (AvgIpc) is 2.20. The molecule has 110 valence electrons. The molecule has 1 nitrogen and oxygen atoms in total. The molecule has 0 unspecified atom stereocenters. The molecule has 0 spiro atoms. The second kappa shape index (κ2) is 6.07. The van der Waals surface area contributed by atoms with E-state index in [1.165, 1.54) is 5.57 Å². The second-order valence-electron chi connectivity index (χ2n) is 7.90. The van der Waals surface area contributed by atoms with Crippen LogP contribution in [0.2, 0.25) is 0 Å². The minimum atomic E-state index is 0.136. The zero-order valence-corrected chi connectivity index (χ0v) is 14.2. The van der Waals surface area contributed by atoms with Gasteiger partial charge in [0.05, 0.1) is 0 Å². The summed E-state index contributed by atoms with van der Waals surface area (Å²) >= 11 is 0. The molecule has 0 saturated carbocycles. The summed E-state index contributed by atoms with van der Waals surface area (Å²) in [5.41, 5.74) is 1.69. The molecule has 0 aliphatic heterocycles. The minimum Gasteiger partial charge on any atom is -0.300 e. The molecule has 0 N–H and O–H groups in total. The van der Waals surface area contributed by atoms with E-state index in [9.17, 15) is 4.79 Å². The van der Waals surface area contributed by atoms with Gasteiger partial charge in [0.2, 0.25) is 0 Å². The zero-order valence-electron chi connectivity index (χ0n) is 14.2. The number of ketones is 1. The number of Topliss-reactive ketones (excluding diaryl/α,β-unsaturated/α-hetero) is 1. The summed E-state index contributed by atoms with van der Waals surface area (Å²) < 4.78 is 0. The van der Waals surface area contributed by atoms with Crippen LogP contribution in [0.4, 0.5) is 0 Å². The van der Waals surface area contributed by atoms with E-state index in [1.54, 1.807) is 6.92 Å². The lowest BCUT2D eigenvalue weighted by Gasteiger charge is -2.52. The van der Waals surface area contributed by atoms with Gasteiger partial charge >= 0.3 is 0 Å². The SMILES string of the molecule is C=CC(=CCC(C)=O)CC(C)(C(C)(C)C)C(C)(C)C. The molecule has 0 rings (SSSR count). The highest BCUT2D eigenvalue weighted by Crippen LogP contribution is 2.54. The van der Waals surface area contributed by atoms with Crippen LogP contribution in [-0.4, -0.2) is 5.78 Å². The molecule has 0 bridgehead atoms. The van der Waals surface area contributed by atoms with Crippen LogP contribution in [0.25, 0.3) is 0 Å². The minimum absolute atomic E-state index is 0.136. The van der Waals surface area contributed by atoms with Gasteiger partial charge in [-0.05, 0) is 29.6 Å². The molecule has 0 radical (unpaired) electrons. The normalized spacial score (nSPS) is 14.4. The highest BCUT2D eigenvalue weighted by Gasteiger charge is 2.46. The van der Waals surface area contributed by atoms with Crippen molar-refractivity contribution < 1.29 is 4.79 Å². The van der Waals surface area contributed by atoms with E-state index in [0.717, 1.165) is 6.42 Å². The molecule has 0 aliphatic carbocycles. The van der Waals surface area contributed by atoms with Crippen molar-refractivity contribution in [3.05, 3.63) is 24.3 Å². The van der Waals surface area contributed by atoms with Crippen molar-refractivity contribution in [2.24, 2.45) is 16.2 Å². The number of rotatable bonds is 5. The van der Waals surface area contributed by atoms with Crippen LogP contribution in [0.5, 0.6) is 0 Å². The quantitative estimate of drug-likeness (QED) is 0.593. The highest BCUT2D eigenvalue weighted by molar-refractivity contribution is 5.77. The summed E-state index contributed by atoms with van der Waals surface area (Å²) in [6.07, 6.45) is 5.40. The van der Waals surface area contributed by atoms with Gasteiger partial charge in [0, 0.05) is 6.42 Å². The largest absolute Gasteiger partial charge is 0.300 e. The van der Waals surface area contributed by atoms with E-state index >= 15 is 0 Å². The Hall–Kier alpha value is -0.850. The Balaban J connectivity index is 5.40. The average molecular weight is 264 g/mol. The molecule has 0 heterocycles. The van der Waals surface area contributed by atoms with Crippen LogP contribution in [0, 0.1) is 16.2 Å². The second-order valence-corrected chi connectivity index (χ2v) is 7.90. The molecule has 0 aromatic heterocycles. The lowest BCUT2D eigenvalue weighted by atomic mass is 9.53. The summed E-state index contributed by atoms with van der Waals surface area (Å²) in [5, 5.41) is 0. The van der Waals surface area contributed by atoms with Gasteiger partial charge in [-0.3, -0.25) is 4.79 Å². The molecule has 0 fully saturated rings. The maximum atomic E-state index is 11.1. The van der Waals surface area contributed by atoms with Gasteiger partial charge < -0.3 is 0 Å². The third kappa shape index (κ3) is 4.63. The van der Waals surface area contributed by atoms with E-state index in [-0.39, 0.29) is 22.0 Å². The Morgan fingerprint density at radius 1 is 1.00 bits per heavy atom. The first kappa shape index (κ1) is 18.1. The Morgan fingerprint density at radius 2 is 1.42 bits per heavy atom. The molecule has 0 aliphatic rings. The Bertz CT molecular complexity index is 344. The Labute approximate surface area is 120 Å². The summed E-state index contributed by atoms with van der Waals surface area (Å²) in [4.78, 5) is 11.1. The van der Waals surface area contributed by atoms with Crippen molar-refractivity contribution in [1.29, 1.82) is 0 Å². The van der Waals surface area contributed by atoms with Crippen molar-refractivity contribution in [2.45, 2.75) is 68.2 Å². The van der Waals surface area contributed by atoms with Crippen LogP contribution >= 0.6 is 0 Å². The lowest BCUT2D eigenvalue weighted by Crippen LogP contribution is -2.44. The van der Waals surface area contributed by atoms with Gasteiger partial charge in [0.25, 0.3) is 0 Å². The molecule has 0 aromatic carbocycles. The van der Waals surface area contributed by atoms with E-state index in [4.69, 9.17) is 0 Å². The third-order valence-corrected chi connectivity index (χ3v) is 4.78. The summed E-state index contributed by atoms with van der Waals surface area (Å²) in [5.74, 6) is 0.201. The van der Waals surface area contributed by atoms with E-state index in [1.807, 2.05) is 12.2 Å². The van der Waals surface area contributed by atoms with Gasteiger partial charge in [0.15, 0.2) is 0 Å². The van der Waals surface area contributed by atoms with Crippen molar-refractivity contribution in [1.82, 2.24) is 0 Å². The van der Waals surface area contributed by atoms with Gasteiger partial charge in [0.1, 0.15) is 5.78 Å². The van der Waals surface area contributed by atoms with E-state index < -0.39 is 0 Å². The van der Waals surface area contributed by atoms with Crippen molar-refractivity contribution in [3.8, 4) is 0 Å². The number of hydrogen-bond acceptors (Lipinski definition) is 1. The zero-order chi connectivity index (χ0) is 15.5. The molecule has 1 heteroatoms. The smallest absolute Gasteiger partial charge is 0.133 e. The number of carbonyl (C=O) groups excluding carboxylic acids is 1.